The molecule has 77 heavy (non-hydrogen) atoms. The number of fused-ring (bicyclic) bond motifs is 10. The van der Waals surface area contributed by atoms with Crippen molar-refractivity contribution in [3.8, 4) is 34.0 Å². The van der Waals surface area contributed by atoms with Crippen molar-refractivity contribution in [1.82, 2.24) is 27.2 Å². The molecule has 0 saturated heterocycles. The van der Waals surface area contributed by atoms with Crippen LogP contribution >= 0.6 is 0 Å². The number of carbonyl (C=O) groups excluding carboxylic acids is 3. The standard InChI is InChI=1S/C29H33N3O6S.C28H31N3O6S/c1-31(2)39(35,36)30-28(33)19-10-12-24-25(16-19)32-17-21(29(34)38-4)14-20-15-22(37-3)11-13-23(20)27(32)26(24)18-8-6-5-7-9-18;1-30(2)38(35,36)29-27(32)18-9-11-23-24(15-18)31-16-20(28(33)34)13-19-14-21(37-3)10-12-22(19)26(31)25(23)17-7-5-4-6-8-17/h10-16,18H,5-9,17H2,1-4H3,(H,30,33);9-15,17H,4-8,16H2,1-3H3,(H,29,32)(H,33,34). The third-order valence-corrected chi connectivity index (χ3v) is 18.0. The Balaban J connectivity index is 0.000000188. The summed E-state index contributed by atoms with van der Waals surface area (Å²) in [6, 6.07) is 22.0. The Morgan fingerprint density at radius 1 is 0.558 bits per heavy atom. The molecule has 3 N–H and O–H groups in total. The molecule has 2 aliphatic heterocycles. The highest BCUT2D eigenvalue weighted by Crippen LogP contribution is 2.49. The van der Waals surface area contributed by atoms with Gasteiger partial charge < -0.3 is 28.5 Å². The van der Waals surface area contributed by atoms with Crippen LogP contribution in [0, 0.1) is 0 Å². The van der Waals surface area contributed by atoms with Gasteiger partial charge in [0.15, 0.2) is 0 Å². The van der Waals surface area contributed by atoms with Crippen LogP contribution in [0.4, 0.5) is 0 Å². The predicted molar refractivity (Wildman–Crippen MR) is 295 cm³/mol. The molecule has 0 unspecified atom stereocenters. The van der Waals surface area contributed by atoms with Crippen LogP contribution in [-0.4, -0.2) is 113 Å². The number of aromatic nitrogens is 2. The van der Waals surface area contributed by atoms with E-state index >= 15 is 0 Å². The highest BCUT2D eigenvalue weighted by molar-refractivity contribution is 7.88. The van der Waals surface area contributed by atoms with Crippen molar-refractivity contribution in [2.75, 3.05) is 49.5 Å². The number of methoxy groups -OCH3 is 3. The molecular weight excluding hydrogens is 1020 g/mol. The van der Waals surface area contributed by atoms with E-state index in [1.54, 1.807) is 44.6 Å². The molecular formula is C57H64N6O12S2. The summed E-state index contributed by atoms with van der Waals surface area (Å²) in [7, 11) is 2.01. The van der Waals surface area contributed by atoms with Crippen LogP contribution < -0.4 is 18.9 Å². The van der Waals surface area contributed by atoms with Crippen molar-refractivity contribution in [3.63, 3.8) is 0 Å². The van der Waals surface area contributed by atoms with Gasteiger partial charge in [-0.05, 0) is 133 Å². The number of amides is 2. The first-order valence-electron chi connectivity index (χ1n) is 25.7. The Kier molecular flexibility index (Phi) is 15.6. The molecule has 0 radical (unpaired) electrons. The fourth-order valence-corrected chi connectivity index (χ4v) is 12.4. The second kappa shape index (κ2) is 22.0. The van der Waals surface area contributed by atoms with E-state index in [-0.39, 0.29) is 35.7 Å². The lowest BCUT2D eigenvalue weighted by molar-refractivity contribution is -0.136. The molecule has 2 aliphatic carbocycles. The van der Waals surface area contributed by atoms with Gasteiger partial charge in [-0.15, -0.1) is 0 Å². The smallest absolute Gasteiger partial charge is 0.335 e. The molecule has 0 bridgehead atoms. The summed E-state index contributed by atoms with van der Waals surface area (Å²) in [5, 5.41) is 12.0. The predicted octanol–water partition coefficient (Wildman–Crippen LogP) is 8.85. The molecule has 4 aromatic carbocycles. The molecule has 20 heteroatoms. The average molecular weight is 1090 g/mol. The third-order valence-electron chi connectivity index (χ3n) is 15.2. The maximum atomic E-state index is 13.0. The molecule has 0 atom stereocenters. The van der Waals surface area contributed by atoms with Crippen LogP contribution in [0.25, 0.3) is 56.5 Å². The highest BCUT2D eigenvalue weighted by atomic mass is 32.2. The minimum Gasteiger partial charge on any atom is -0.497 e. The lowest BCUT2D eigenvalue weighted by Gasteiger charge is -2.24. The third kappa shape index (κ3) is 10.8. The van der Waals surface area contributed by atoms with Crippen LogP contribution in [0.15, 0.2) is 83.9 Å². The summed E-state index contributed by atoms with van der Waals surface area (Å²) in [6.45, 7) is 0.343. The number of hydrogen-bond donors (Lipinski definition) is 3. The number of carboxylic acids is 1. The molecule has 2 amide bonds. The zero-order valence-electron chi connectivity index (χ0n) is 44.3. The van der Waals surface area contributed by atoms with Gasteiger partial charge in [-0.3, -0.25) is 9.59 Å². The number of benzene rings is 4. The largest absolute Gasteiger partial charge is 0.497 e. The number of nitrogens with one attached hydrogen (secondary N) is 2. The summed E-state index contributed by atoms with van der Waals surface area (Å²) in [6.07, 6.45) is 14.6. The normalized spacial score (nSPS) is 15.9. The minimum atomic E-state index is -3.97. The van der Waals surface area contributed by atoms with E-state index in [1.165, 1.54) is 53.7 Å². The van der Waals surface area contributed by atoms with E-state index in [2.05, 4.69) is 14.0 Å². The number of aliphatic carboxylic acids is 1. The fourth-order valence-electron chi connectivity index (χ4n) is 11.3. The van der Waals surface area contributed by atoms with Crippen LogP contribution in [0.1, 0.15) is 119 Å². The van der Waals surface area contributed by atoms with E-state index < -0.39 is 44.2 Å². The van der Waals surface area contributed by atoms with E-state index in [9.17, 15) is 41.1 Å². The first kappa shape index (κ1) is 54.5. The van der Waals surface area contributed by atoms with Gasteiger partial charge in [0.05, 0.1) is 57.0 Å². The number of ether oxygens (including phenoxy) is 3. The molecule has 2 fully saturated rings. The summed E-state index contributed by atoms with van der Waals surface area (Å²) in [5.74, 6) is -1.01. The van der Waals surface area contributed by atoms with Gasteiger partial charge in [0.25, 0.3) is 11.8 Å². The summed E-state index contributed by atoms with van der Waals surface area (Å²) >= 11 is 0. The Bertz CT molecular complexity index is 3650. The van der Waals surface area contributed by atoms with E-state index in [4.69, 9.17) is 14.2 Å². The van der Waals surface area contributed by atoms with E-state index in [1.807, 2.05) is 59.2 Å². The van der Waals surface area contributed by atoms with Crippen molar-refractivity contribution >= 4 is 78.1 Å². The molecule has 4 aliphatic rings. The molecule has 2 saturated carbocycles. The molecule has 18 nitrogen and oxygen atoms in total. The van der Waals surface area contributed by atoms with Gasteiger partial charge in [-0.25, -0.2) is 19.0 Å². The Labute approximate surface area is 448 Å². The highest BCUT2D eigenvalue weighted by Gasteiger charge is 2.33. The summed E-state index contributed by atoms with van der Waals surface area (Å²) < 4.78 is 75.4. The van der Waals surface area contributed by atoms with Gasteiger partial charge in [-0.1, -0.05) is 50.7 Å². The number of carboxylic acid groups (broad SMARTS) is 1. The van der Waals surface area contributed by atoms with E-state index in [0.29, 0.717) is 28.5 Å². The number of esters is 1. The quantitative estimate of drug-likeness (QED) is 0.0978. The average Bonchev–Trinajstić information content (AvgIpc) is 3.77. The number of rotatable bonds is 12. The Morgan fingerprint density at radius 3 is 1.34 bits per heavy atom. The topological polar surface area (TPSA) is 225 Å². The summed E-state index contributed by atoms with van der Waals surface area (Å²) in [5.41, 5.74) is 10.3. The van der Waals surface area contributed by atoms with Gasteiger partial charge in [-0.2, -0.15) is 25.4 Å². The maximum Gasteiger partial charge on any atom is 0.335 e. The van der Waals surface area contributed by atoms with E-state index in [0.717, 1.165) is 115 Å². The molecule has 406 valence electrons. The van der Waals surface area contributed by atoms with Gasteiger partial charge in [0.2, 0.25) is 0 Å². The first-order valence-corrected chi connectivity index (χ1v) is 28.5. The number of nitrogens with zero attached hydrogens (tertiary/aromatic N) is 4. The van der Waals surface area contributed by atoms with Gasteiger partial charge >= 0.3 is 32.4 Å². The lowest BCUT2D eigenvalue weighted by Crippen LogP contribution is -2.39. The summed E-state index contributed by atoms with van der Waals surface area (Å²) in [4.78, 5) is 51.1. The first-order chi connectivity index (χ1) is 36.7. The molecule has 10 rings (SSSR count). The lowest BCUT2D eigenvalue weighted by atomic mass is 9.81. The van der Waals surface area contributed by atoms with Crippen molar-refractivity contribution in [1.29, 1.82) is 0 Å². The molecule has 6 aromatic rings. The number of carbonyl (C=O) groups is 4. The molecule has 2 aromatic heterocycles. The van der Waals surface area contributed by atoms with Gasteiger partial charge in [0, 0.05) is 72.3 Å². The molecule has 0 spiro atoms. The Morgan fingerprint density at radius 2 is 0.961 bits per heavy atom. The van der Waals surface area contributed by atoms with Crippen molar-refractivity contribution in [2.24, 2.45) is 0 Å². The second-order valence-electron chi connectivity index (χ2n) is 20.3. The van der Waals surface area contributed by atoms with Crippen LogP contribution in [0.3, 0.4) is 0 Å². The van der Waals surface area contributed by atoms with Crippen molar-refractivity contribution in [3.05, 3.63) is 117 Å². The molecule has 4 heterocycles. The maximum absolute atomic E-state index is 13.0. The minimum absolute atomic E-state index is 0.103. The monoisotopic (exact) mass is 1090 g/mol. The van der Waals surface area contributed by atoms with Crippen LogP contribution in [0.5, 0.6) is 11.5 Å². The van der Waals surface area contributed by atoms with Crippen LogP contribution in [0.2, 0.25) is 0 Å². The van der Waals surface area contributed by atoms with Gasteiger partial charge in [0.1, 0.15) is 11.5 Å². The van der Waals surface area contributed by atoms with Crippen molar-refractivity contribution in [2.45, 2.75) is 89.1 Å². The fraction of sp³-hybridized carbons (Fsp3) is 0.368. The Hall–Kier alpha value is -7.26. The van der Waals surface area contributed by atoms with Crippen molar-refractivity contribution < 1.29 is 55.3 Å². The number of hydrogen-bond acceptors (Lipinski definition) is 11. The van der Waals surface area contributed by atoms with Crippen LogP contribution in [-0.2, 0) is 47.8 Å². The SMILES string of the molecule is COC(=O)C1=Cc2cc(OC)ccc2-c2c(C3CCCCC3)c3ccc(C(=O)NS(=O)(=O)N(C)C)cc3n2C1.COc1ccc2c(c1)C=C(C(=O)O)Cn1c-2c(C2CCCCC2)c2ccc(C(=O)NS(=O)(=O)N(C)C)cc21. The zero-order valence-corrected chi connectivity index (χ0v) is 45.9. The zero-order chi connectivity index (χ0) is 55.1. The second-order valence-corrected chi connectivity index (χ2v) is 24.1.